The van der Waals surface area contributed by atoms with Crippen LogP contribution in [0.4, 0.5) is 11.4 Å². The summed E-state index contributed by atoms with van der Waals surface area (Å²) in [6, 6.07) is 4.70. The molecule has 6 nitrogen and oxygen atoms in total. The number of nitrogens with zero attached hydrogens (tertiary/aromatic N) is 1. The molecule has 0 aliphatic heterocycles. The normalized spacial score (nSPS) is 11.1. The lowest BCUT2D eigenvalue weighted by Gasteiger charge is -2.26. The van der Waals surface area contributed by atoms with E-state index in [1.54, 1.807) is 32.9 Å². The molecule has 1 rings (SSSR count). The lowest BCUT2D eigenvalue weighted by molar-refractivity contribution is -0.385. The van der Waals surface area contributed by atoms with Gasteiger partial charge in [0.15, 0.2) is 0 Å². The molecule has 0 aliphatic carbocycles. The highest BCUT2D eigenvalue weighted by atomic mass is 16.6. The molecule has 0 fully saturated rings. The van der Waals surface area contributed by atoms with Gasteiger partial charge in [-0.2, -0.15) is 0 Å². The molecule has 0 unspecified atom stereocenters. The Labute approximate surface area is 105 Å². The highest BCUT2D eigenvalue weighted by molar-refractivity contribution is 5.70. The molecular formula is C12H16N2O4. The molecule has 0 bridgehead atoms. The van der Waals surface area contributed by atoms with E-state index in [0.29, 0.717) is 11.3 Å². The molecule has 2 N–H and O–H groups in total. The van der Waals surface area contributed by atoms with Crippen molar-refractivity contribution in [1.82, 2.24) is 0 Å². The zero-order valence-electron chi connectivity index (χ0n) is 10.6. The fourth-order valence-electron chi connectivity index (χ4n) is 1.74. The Hall–Kier alpha value is -2.11. The van der Waals surface area contributed by atoms with Gasteiger partial charge in [-0.3, -0.25) is 14.9 Å². The number of nitro groups is 1. The number of carbonyl (C=O) groups is 1. The number of rotatable bonds is 5. The lowest BCUT2D eigenvalue weighted by atomic mass is 9.99. The van der Waals surface area contributed by atoms with Crippen molar-refractivity contribution in [3.05, 3.63) is 33.9 Å². The molecule has 0 saturated carbocycles. The number of carboxylic acid groups (broad SMARTS) is 1. The molecule has 0 heterocycles. The third-order valence-electron chi connectivity index (χ3n) is 2.57. The van der Waals surface area contributed by atoms with Crippen molar-refractivity contribution >= 4 is 17.3 Å². The van der Waals surface area contributed by atoms with Crippen molar-refractivity contribution in [1.29, 1.82) is 0 Å². The zero-order chi connectivity index (χ0) is 13.9. The second kappa shape index (κ2) is 5.03. The molecular weight excluding hydrogens is 236 g/mol. The van der Waals surface area contributed by atoms with Crippen molar-refractivity contribution in [2.75, 3.05) is 5.32 Å². The summed E-state index contributed by atoms with van der Waals surface area (Å²) in [7, 11) is 0. The van der Waals surface area contributed by atoms with Crippen molar-refractivity contribution in [2.24, 2.45) is 0 Å². The predicted octanol–water partition coefficient (Wildman–Crippen LogP) is 2.57. The monoisotopic (exact) mass is 252 g/mol. The van der Waals surface area contributed by atoms with Gasteiger partial charge in [0, 0.05) is 22.9 Å². The molecule has 0 atom stereocenters. The Bertz CT molecular complexity index is 483. The Morgan fingerprint density at radius 3 is 2.61 bits per heavy atom. The lowest BCUT2D eigenvalue weighted by Crippen LogP contribution is -2.33. The molecule has 0 spiro atoms. The van der Waals surface area contributed by atoms with E-state index >= 15 is 0 Å². The number of hydrogen-bond acceptors (Lipinski definition) is 4. The highest BCUT2D eigenvalue weighted by Gasteiger charge is 2.23. The number of hydrogen-bond donors (Lipinski definition) is 2. The number of carboxylic acids is 1. The van der Waals surface area contributed by atoms with Crippen LogP contribution in [0.2, 0.25) is 0 Å². The van der Waals surface area contributed by atoms with Gasteiger partial charge in [-0.05, 0) is 26.8 Å². The van der Waals surface area contributed by atoms with Crippen LogP contribution < -0.4 is 5.32 Å². The summed E-state index contributed by atoms with van der Waals surface area (Å²) >= 11 is 0. The molecule has 1 aromatic carbocycles. The molecule has 0 saturated heterocycles. The Kier molecular flexibility index (Phi) is 3.90. The molecule has 0 aliphatic rings. The first-order chi connectivity index (χ1) is 8.23. The Morgan fingerprint density at radius 1 is 1.50 bits per heavy atom. The highest BCUT2D eigenvalue weighted by Crippen LogP contribution is 2.28. The van der Waals surface area contributed by atoms with Gasteiger partial charge in [0.1, 0.15) is 0 Å². The summed E-state index contributed by atoms with van der Waals surface area (Å²) in [6.07, 6.45) is -0.0743. The van der Waals surface area contributed by atoms with E-state index in [2.05, 4.69) is 5.32 Å². The van der Waals surface area contributed by atoms with Crippen LogP contribution in [0.5, 0.6) is 0 Å². The van der Waals surface area contributed by atoms with Crippen LogP contribution in [0.15, 0.2) is 18.2 Å². The summed E-state index contributed by atoms with van der Waals surface area (Å²) in [4.78, 5) is 21.1. The quantitative estimate of drug-likeness (QED) is 0.620. The van der Waals surface area contributed by atoms with E-state index < -0.39 is 16.4 Å². The van der Waals surface area contributed by atoms with Crippen LogP contribution in [0.25, 0.3) is 0 Å². The van der Waals surface area contributed by atoms with Gasteiger partial charge in [0.2, 0.25) is 0 Å². The smallest absolute Gasteiger partial charge is 0.305 e. The van der Waals surface area contributed by atoms with Crippen molar-refractivity contribution < 1.29 is 14.8 Å². The van der Waals surface area contributed by atoms with E-state index in [1.165, 1.54) is 6.07 Å². The maximum absolute atomic E-state index is 10.8. The van der Waals surface area contributed by atoms with E-state index in [-0.39, 0.29) is 12.1 Å². The number of nitrogens with one attached hydrogen (secondary N) is 1. The van der Waals surface area contributed by atoms with Gasteiger partial charge >= 0.3 is 5.97 Å². The summed E-state index contributed by atoms with van der Waals surface area (Å²) in [6.45, 7) is 5.11. The van der Waals surface area contributed by atoms with Crippen LogP contribution >= 0.6 is 0 Å². The van der Waals surface area contributed by atoms with Gasteiger partial charge in [-0.1, -0.05) is 6.07 Å². The summed E-state index contributed by atoms with van der Waals surface area (Å²) in [5, 5.41) is 22.6. The van der Waals surface area contributed by atoms with E-state index in [0.717, 1.165) is 0 Å². The SMILES string of the molecule is Cc1c(NC(C)(C)CC(=O)O)cccc1[N+](=O)[O-]. The standard InChI is InChI=1S/C12H16N2O4/c1-8-9(5-4-6-10(8)14(17)18)13-12(2,3)7-11(15)16/h4-6,13H,7H2,1-3H3,(H,15,16). The maximum atomic E-state index is 10.8. The van der Waals surface area contributed by atoms with E-state index in [9.17, 15) is 14.9 Å². The number of aliphatic carboxylic acids is 1. The minimum Gasteiger partial charge on any atom is -0.481 e. The first-order valence-corrected chi connectivity index (χ1v) is 5.47. The first-order valence-electron chi connectivity index (χ1n) is 5.47. The van der Waals surface area contributed by atoms with Crippen molar-refractivity contribution in [3.8, 4) is 0 Å². The molecule has 0 amide bonds. The van der Waals surface area contributed by atoms with Gasteiger partial charge in [-0.15, -0.1) is 0 Å². The fraction of sp³-hybridized carbons (Fsp3) is 0.417. The second-order valence-corrected chi connectivity index (χ2v) is 4.79. The van der Waals surface area contributed by atoms with E-state index in [1.807, 2.05) is 0 Å². The average molecular weight is 252 g/mol. The fourth-order valence-corrected chi connectivity index (χ4v) is 1.74. The van der Waals surface area contributed by atoms with Gasteiger partial charge < -0.3 is 10.4 Å². The number of nitro benzene ring substituents is 1. The molecule has 98 valence electrons. The zero-order valence-corrected chi connectivity index (χ0v) is 10.6. The Morgan fingerprint density at radius 2 is 2.11 bits per heavy atom. The minimum atomic E-state index is -0.921. The molecule has 0 aromatic heterocycles. The van der Waals surface area contributed by atoms with Crippen molar-refractivity contribution in [2.45, 2.75) is 32.7 Å². The topological polar surface area (TPSA) is 92.5 Å². The predicted molar refractivity (Wildman–Crippen MR) is 67.8 cm³/mol. The first kappa shape index (κ1) is 14.0. The molecule has 1 aromatic rings. The molecule has 0 radical (unpaired) electrons. The van der Waals surface area contributed by atoms with Gasteiger partial charge in [0.25, 0.3) is 5.69 Å². The van der Waals surface area contributed by atoms with Crippen LogP contribution in [0.3, 0.4) is 0 Å². The van der Waals surface area contributed by atoms with Crippen LogP contribution in [0, 0.1) is 17.0 Å². The number of benzene rings is 1. The minimum absolute atomic E-state index is 0.0196. The number of anilines is 1. The molecule has 18 heavy (non-hydrogen) atoms. The van der Waals surface area contributed by atoms with Crippen LogP contribution in [0.1, 0.15) is 25.8 Å². The summed E-state index contributed by atoms with van der Waals surface area (Å²) in [5.74, 6) is -0.921. The third kappa shape index (κ3) is 3.44. The average Bonchev–Trinajstić information content (AvgIpc) is 2.18. The second-order valence-electron chi connectivity index (χ2n) is 4.79. The largest absolute Gasteiger partial charge is 0.481 e. The summed E-state index contributed by atoms with van der Waals surface area (Å²) in [5.41, 5.74) is 0.425. The van der Waals surface area contributed by atoms with E-state index in [4.69, 9.17) is 5.11 Å². The summed E-state index contributed by atoms with van der Waals surface area (Å²) < 4.78 is 0. The Balaban J connectivity index is 3.01. The molecule has 6 heteroatoms. The van der Waals surface area contributed by atoms with Crippen LogP contribution in [-0.4, -0.2) is 21.5 Å². The van der Waals surface area contributed by atoms with Gasteiger partial charge in [0.05, 0.1) is 11.3 Å². The maximum Gasteiger partial charge on any atom is 0.305 e. The third-order valence-corrected chi connectivity index (χ3v) is 2.57. The van der Waals surface area contributed by atoms with Gasteiger partial charge in [-0.25, -0.2) is 0 Å². The van der Waals surface area contributed by atoms with Crippen molar-refractivity contribution in [3.63, 3.8) is 0 Å². The van der Waals surface area contributed by atoms with Crippen LogP contribution in [-0.2, 0) is 4.79 Å².